The first-order valence-corrected chi connectivity index (χ1v) is 13.9. The van der Waals surface area contributed by atoms with Gasteiger partial charge in [0.25, 0.3) is 5.69 Å². The van der Waals surface area contributed by atoms with E-state index < -0.39 is 34.9 Å². The van der Waals surface area contributed by atoms with Gasteiger partial charge in [0.15, 0.2) is 0 Å². The highest BCUT2D eigenvalue weighted by Crippen LogP contribution is 2.31. The molecular weight excluding hydrogens is 582 g/mol. The Morgan fingerprint density at radius 2 is 1.69 bits per heavy atom. The molecule has 45 heavy (non-hydrogen) atoms. The lowest BCUT2D eigenvalue weighted by molar-refractivity contribution is -0.384. The minimum Gasteiger partial charge on any atom is -0.481 e. The Hall–Kier alpha value is -5.81. The first-order valence-electron chi connectivity index (χ1n) is 13.9. The summed E-state index contributed by atoms with van der Waals surface area (Å²) in [6.07, 6.45) is 2.73. The van der Waals surface area contributed by atoms with Gasteiger partial charge in [0.1, 0.15) is 12.1 Å². The summed E-state index contributed by atoms with van der Waals surface area (Å²) >= 11 is 0. The average molecular weight is 614 g/mol. The van der Waals surface area contributed by atoms with Gasteiger partial charge in [0.2, 0.25) is 18.1 Å². The molecule has 0 saturated carbocycles. The molecule has 0 aromatic heterocycles. The molecule has 0 saturated heterocycles. The lowest BCUT2D eigenvalue weighted by Crippen LogP contribution is -2.49. The van der Waals surface area contributed by atoms with Crippen molar-refractivity contribution in [1.29, 1.82) is 5.26 Å². The van der Waals surface area contributed by atoms with Crippen LogP contribution in [0.3, 0.4) is 0 Å². The van der Waals surface area contributed by atoms with Crippen molar-refractivity contribution in [3.63, 3.8) is 0 Å². The van der Waals surface area contributed by atoms with E-state index in [9.17, 15) is 29.6 Å². The number of hydrogen-bond donors (Lipinski definition) is 5. The normalized spacial score (nSPS) is 15.2. The highest BCUT2D eigenvalue weighted by atomic mass is 16.6. The third kappa shape index (κ3) is 8.62. The van der Waals surface area contributed by atoms with Crippen molar-refractivity contribution >= 4 is 40.9 Å². The number of benzene rings is 3. The Labute approximate surface area is 258 Å². The Balaban J connectivity index is 1.46. The Bertz CT molecular complexity index is 1650. The summed E-state index contributed by atoms with van der Waals surface area (Å²) in [4.78, 5) is 52.4. The van der Waals surface area contributed by atoms with Crippen molar-refractivity contribution < 1.29 is 29.5 Å². The summed E-state index contributed by atoms with van der Waals surface area (Å²) in [6, 6.07) is 16.0. The lowest BCUT2D eigenvalue weighted by atomic mass is 9.91. The van der Waals surface area contributed by atoms with E-state index in [-0.39, 0.29) is 24.5 Å². The number of aliphatic carboxylic acids is 2. The number of likely N-dealkylation sites (N-methyl/N-ethyl adjacent to an activating group) is 1. The molecule has 1 aliphatic rings. The number of carboxylic acid groups (broad SMARTS) is 2. The van der Waals surface area contributed by atoms with Crippen molar-refractivity contribution in [2.24, 2.45) is 4.99 Å². The lowest BCUT2D eigenvalue weighted by Gasteiger charge is -2.34. The second kappa shape index (κ2) is 14.6. The topological polar surface area (TPSA) is 210 Å². The number of amides is 1. The molecule has 2 atom stereocenters. The third-order valence-corrected chi connectivity index (χ3v) is 7.33. The van der Waals surface area contributed by atoms with E-state index in [0.29, 0.717) is 41.9 Å². The summed E-state index contributed by atoms with van der Waals surface area (Å²) in [6.45, 7) is 0.532. The van der Waals surface area contributed by atoms with E-state index in [4.69, 9.17) is 10.4 Å². The highest BCUT2D eigenvalue weighted by Gasteiger charge is 2.33. The van der Waals surface area contributed by atoms with Crippen LogP contribution in [0.4, 0.5) is 17.1 Å². The minimum absolute atomic E-state index is 0.00518. The number of nitrogens with one attached hydrogen (secondary N) is 3. The number of nitrogens with zero attached hydrogens (tertiary/aromatic N) is 4. The molecule has 4 rings (SSSR count). The number of guanidine groups is 1. The second-order valence-electron chi connectivity index (χ2n) is 10.5. The number of non-ortho nitro benzene ring substituents is 1. The summed E-state index contributed by atoms with van der Waals surface area (Å²) in [7, 11) is 1.79. The molecule has 0 bridgehead atoms. The number of carbonyl (C=O) groups is 3. The van der Waals surface area contributed by atoms with E-state index in [0.717, 1.165) is 11.1 Å². The molecule has 3 aromatic rings. The number of hydrogen-bond acceptors (Lipinski definition) is 8. The Morgan fingerprint density at radius 1 is 1.04 bits per heavy atom. The molecule has 14 heteroatoms. The van der Waals surface area contributed by atoms with Crippen LogP contribution in [0.1, 0.15) is 34.7 Å². The van der Waals surface area contributed by atoms with E-state index in [1.165, 1.54) is 24.3 Å². The van der Waals surface area contributed by atoms with Crippen LogP contribution in [0.5, 0.6) is 0 Å². The van der Waals surface area contributed by atoms with Crippen molar-refractivity contribution in [3.05, 3.63) is 99.1 Å². The van der Waals surface area contributed by atoms with Crippen LogP contribution < -0.4 is 16.0 Å². The number of nitro benzene ring substituents is 1. The fourth-order valence-corrected chi connectivity index (χ4v) is 5.03. The Kier molecular flexibility index (Phi) is 10.4. The number of carbonyl (C=O) groups excluding carboxylic acids is 1. The van der Waals surface area contributed by atoms with Gasteiger partial charge in [-0.1, -0.05) is 30.3 Å². The standard InChI is InChI=1S/C31H31N7O7/c1-37-15-14-21-17-23(35-31(33-18-32)34-22-7-10-24(11-8-22)38(44)45)9-12-25(21)28(37)29(41)36-26(30(42)43)16-20-4-2-19(3-5-20)6-13-27(39)40/h2-5,7-12,17,26,28H,6,13-16H2,1H3,(H,36,41)(H,39,40)(H,42,43)(H2,33,34,35). The number of rotatable bonds is 11. The van der Waals surface area contributed by atoms with Gasteiger partial charge in [-0.2, -0.15) is 5.26 Å². The van der Waals surface area contributed by atoms with Gasteiger partial charge in [-0.25, -0.2) is 4.79 Å². The van der Waals surface area contributed by atoms with Crippen molar-refractivity contribution in [2.45, 2.75) is 37.8 Å². The molecule has 0 aliphatic carbocycles. The molecule has 3 aromatic carbocycles. The smallest absolute Gasteiger partial charge is 0.326 e. The van der Waals surface area contributed by atoms with Gasteiger partial charge in [-0.05, 0) is 66.4 Å². The van der Waals surface area contributed by atoms with E-state index in [1.807, 2.05) is 11.0 Å². The van der Waals surface area contributed by atoms with Crippen molar-refractivity contribution in [1.82, 2.24) is 10.2 Å². The largest absolute Gasteiger partial charge is 0.481 e. The fourth-order valence-electron chi connectivity index (χ4n) is 5.03. The molecular formula is C31H31N7O7. The third-order valence-electron chi connectivity index (χ3n) is 7.33. The zero-order valence-corrected chi connectivity index (χ0v) is 24.3. The number of aryl methyl sites for hydroxylation is 1. The molecule has 5 N–H and O–H groups in total. The van der Waals surface area contributed by atoms with Gasteiger partial charge in [-0.3, -0.25) is 24.6 Å². The van der Waals surface area contributed by atoms with Crippen LogP contribution in [0.25, 0.3) is 0 Å². The molecule has 1 aliphatic heterocycles. The predicted octanol–water partition coefficient (Wildman–Crippen LogP) is 3.31. The van der Waals surface area contributed by atoms with Crippen LogP contribution in [0, 0.1) is 21.6 Å². The van der Waals surface area contributed by atoms with Crippen LogP contribution in [0.15, 0.2) is 71.7 Å². The van der Waals surface area contributed by atoms with Gasteiger partial charge >= 0.3 is 11.9 Å². The van der Waals surface area contributed by atoms with E-state index in [1.54, 1.807) is 49.6 Å². The Morgan fingerprint density at radius 3 is 2.31 bits per heavy atom. The van der Waals surface area contributed by atoms with Crippen LogP contribution in [0.2, 0.25) is 0 Å². The van der Waals surface area contributed by atoms with Gasteiger partial charge in [-0.15, -0.1) is 4.99 Å². The predicted molar refractivity (Wildman–Crippen MR) is 165 cm³/mol. The first kappa shape index (κ1) is 32.1. The van der Waals surface area contributed by atoms with Crippen LogP contribution in [-0.2, 0) is 33.6 Å². The summed E-state index contributed by atoms with van der Waals surface area (Å²) < 4.78 is 0. The fraction of sp³-hybridized carbons (Fsp3) is 0.258. The molecule has 0 radical (unpaired) electrons. The molecule has 1 heterocycles. The van der Waals surface area contributed by atoms with Crippen LogP contribution >= 0.6 is 0 Å². The minimum atomic E-state index is -1.18. The summed E-state index contributed by atoms with van der Waals surface area (Å²) in [5.41, 5.74) is 4.04. The molecule has 232 valence electrons. The zero-order chi connectivity index (χ0) is 32.5. The molecule has 0 fully saturated rings. The first-order chi connectivity index (χ1) is 21.5. The maximum atomic E-state index is 13.5. The number of nitriles is 1. The average Bonchev–Trinajstić information content (AvgIpc) is 3.00. The maximum absolute atomic E-state index is 13.5. The number of fused-ring (bicyclic) bond motifs is 1. The van der Waals surface area contributed by atoms with Gasteiger partial charge in [0, 0.05) is 42.9 Å². The van der Waals surface area contributed by atoms with Gasteiger partial charge in [0.05, 0.1) is 4.92 Å². The number of anilines is 2. The highest BCUT2D eigenvalue weighted by molar-refractivity contribution is 6.04. The molecule has 0 spiro atoms. The zero-order valence-electron chi connectivity index (χ0n) is 24.3. The molecule has 14 nitrogen and oxygen atoms in total. The van der Waals surface area contributed by atoms with E-state index in [2.05, 4.69) is 20.9 Å². The quantitative estimate of drug-likeness (QED) is 0.0696. The van der Waals surface area contributed by atoms with Crippen molar-refractivity contribution in [3.8, 4) is 6.19 Å². The maximum Gasteiger partial charge on any atom is 0.326 e. The molecule has 2 unspecified atom stereocenters. The van der Waals surface area contributed by atoms with Gasteiger partial charge < -0.3 is 26.2 Å². The SMILES string of the molecule is CN1CCc2cc(NC(=NC#N)Nc3ccc([N+](=O)[O-])cc3)ccc2C1C(=O)NC(Cc1ccc(CCC(=O)O)cc1)C(=O)O. The van der Waals surface area contributed by atoms with Crippen LogP contribution in [-0.4, -0.2) is 63.5 Å². The number of nitro groups is 1. The monoisotopic (exact) mass is 613 g/mol. The second-order valence-corrected chi connectivity index (χ2v) is 10.5. The summed E-state index contributed by atoms with van der Waals surface area (Å²) in [5, 5.41) is 47.5. The number of aliphatic imine (C=N–C) groups is 1. The summed E-state index contributed by atoms with van der Waals surface area (Å²) in [5.74, 6) is -2.45. The molecule has 1 amide bonds. The number of carboxylic acids is 2. The van der Waals surface area contributed by atoms with Crippen molar-refractivity contribution in [2.75, 3.05) is 24.2 Å². The van der Waals surface area contributed by atoms with E-state index >= 15 is 0 Å².